The molecule has 0 aliphatic carbocycles. The minimum absolute atomic E-state index is 0.396. The number of amides is 1. The molecule has 0 bridgehead atoms. The summed E-state index contributed by atoms with van der Waals surface area (Å²) in [6.07, 6.45) is 6.92. The largest absolute Gasteiger partial charge is 0.371 e. The number of carbonyl (C=O) groups is 1. The van der Waals surface area contributed by atoms with Crippen LogP contribution in [0.25, 0.3) is 0 Å². The second-order valence-corrected chi connectivity index (χ2v) is 5.68. The van der Waals surface area contributed by atoms with Crippen LogP contribution in [-0.4, -0.2) is 24.0 Å². The molecule has 0 aromatic carbocycles. The van der Waals surface area contributed by atoms with Crippen LogP contribution in [0.15, 0.2) is 18.5 Å². The molecule has 1 aliphatic heterocycles. The van der Waals surface area contributed by atoms with Gasteiger partial charge in [0.2, 0.25) is 0 Å². The topological polar surface area (TPSA) is 59.2 Å². The Labute approximate surface area is 115 Å². The van der Waals surface area contributed by atoms with Crippen molar-refractivity contribution in [2.45, 2.75) is 33.1 Å². The Balaban J connectivity index is 2.16. The van der Waals surface area contributed by atoms with Crippen molar-refractivity contribution in [3.63, 3.8) is 0 Å². The Morgan fingerprint density at radius 3 is 2.89 bits per heavy atom. The van der Waals surface area contributed by atoms with Gasteiger partial charge in [-0.15, -0.1) is 0 Å². The van der Waals surface area contributed by atoms with Gasteiger partial charge in [-0.25, -0.2) is 0 Å². The van der Waals surface area contributed by atoms with Crippen molar-refractivity contribution in [3.8, 4) is 0 Å². The maximum atomic E-state index is 11.5. The van der Waals surface area contributed by atoms with Gasteiger partial charge in [0.25, 0.3) is 5.91 Å². The first-order chi connectivity index (χ1) is 9.09. The van der Waals surface area contributed by atoms with Crippen LogP contribution in [0.4, 0.5) is 5.69 Å². The Morgan fingerprint density at radius 1 is 1.42 bits per heavy atom. The number of primary amides is 1. The molecule has 1 aromatic rings. The van der Waals surface area contributed by atoms with Gasteiger partial charge in [0.05, 0.1) is 11.3 Å². The fourth-order valence-electron chi connectivity index (χ4n) is 2.88. The van der Waals surface area contributed by atoms with Crippen LogP contribution in [0.5, 0.6) is 0 Å². The van der Waals surface area contributed by atoms with Crippen molar-refractivity contribution in [2.24, 2.45) is 17.6 Å². The number of anilines is 1. The third kappa shape index (κ3) is 3.25. The number of rotatable bonds is 3. The molecule has 2 N–H and O–H groups in total. The maximum absolute atomic E-state index is 11.5. The van der Waals surface area contributed by atoms with E-state index in [2.05, 4.69) is 23.7 Å². The van der Waals surface area contributed by atoms with E-state index in [4.69, 9.17) is 5.73 Å². The van der Waals surface area contributed by atoms with Crippen molar-refractivity contribution in [2.75, 3.05) is 18.0 Å². The SMILES string of the molecule is CC(C)C1CCCN(c2ccncc2C(N)=O)CC1. The van der Waals surface area contributed by atoms with Gasteiger partial charge < -0.3 is 10.6 Å². The predicted molar refractivity (Wildman–Crippen MR) is 77.1 cm³/mol. The maximum Gasteiger partial charge on any atom is 0.252 e. The summed E-state index contributed by atoms with van der Waals surface area (Å²) in [5, 5.41) is 0. The Kier molecular flexibility index (Phi) is 4.40. The van der Waals surface area contributed by atoms with Crippen LogP contribution in [0.3, 0.4) is 0 Å². The fourth-order valence-corrected chi connectivity index (χ4v) is 2.88. The average molecular weight is 261 g/mol. The van der Waals surface area contributed by atoms with E-state index in [9.17, 15) is 4.79 Å². The van der Waals surface area contributed by atoms with Crippen LogP contribution in [0.2, 0.25) is 0 Å². The van der Waals surface area contributed by atoms with Crippen LogP contribution in [0, 0.1) is 11.8 Å². The Bertz CT molecular complexity index is 445. The summed E-state index contributed by atoms with van der Waals surface area (Å²) < 4.78 is 0. The molecule has 2 heterocycles. The second-order valence-electron chi connectivity index (χ2n) is 5.68. The first kappa shape index (κ1) is 13.8. The second kappa shape index (κ2) is 6.04. The quantitative estimate of drug-likeness (QED) is 0.909. The zero-order valence-electron chi connectivity index (χ0n) is 11.8. The van der Waals surface area contributed by atoms with Gasteiger partial charge >= 0.3 is 0 Å². The molecule has 1 aromatic heterocycles. The standard InChI is InChI=1S/C15H23N3O/c1-11(2)12-4-3-8-18(9-6-12)14-5-7-17-10-13(14)15(16)19/h5,7,10-12H,3-4,6,8-9H2,1-2H3,(H2,16,19). The summed E-state index contributed by atoms with van der Waals surface area (Å²) in [5.41, 5.74) is 6.90. The van der Waals surface area contributed by atoms with Crippen LogP contribution in [0.1, 0.15) is 43.5 Å². The summed E-state index contributed by atoms with van der Waals surface area (Å²) in [6.45, 7) is 6.57. The van der Waals surface area contributed by atoms with Crippen LogP contribution >= 0.6 is 0 Å². The minimum atomic E-state index is -0.396. The number of aromatic nitrogens is 1. The summed E-state index contributed by atoms with van der Waals surface area (Å²) in [7, 11) is 0. The average Bonchev–Trinajstić information content (AvgIpc) is 2.64. The summed E-state index contributed by atoms with van der Waals surface area (Å²) in [4.78, 5) is 17.8. The molecule has 0 spiro atoms. The number of hydrogen-bond donors (Lipinski definition) is 1. The number of carbonyl (C=O) groups excluding carboxylic acids is 1. The molecular weight excluding hydrogens is 238 g/mol. The number of nitrogens with two attached hydrogens (primary N) is 1. The summed E-state index contributed by atoms with van der Waals surface area (Å²) >= 11 is 0. The Hall–Kier alpha value is -1.58. The zero-order valence-corrected chi connectivity index (χ0v) is 11.8. The molecule has 4 heteroatoms. The highest BCUT2D eigenvalue weighted by Crippen LogP contribution is 2.28. The van der Waals surface area contributed by atoms with Gasteiger partial charge in [0.15, 0.2) is 0 Å². The van der Waals surface area contributed by atoms with Gasteiger partial charge in [-0.05, 0) is 37.2 Å². The lowest BCUT2D eigenvalue weighted by Crippen LogP contribution is -2.27. The molecule has 4 nitrogen and oxygen atoms in total. The van der Waals surface area contributed by atoms with Crippen molar-refractivity contribution < 1.29 is 4.79 Å². The molecule has 104 valence electrons. The van der Waals surface area contributed by atoms with Crippen molar-refractivity contribution in [1.82, 2.24) is 4.98 Å². The van der Waals surface area contributed by atoms with E-state index in [0.717, 1.165) is 30.6 Å². The first-order valence-corrected chi connectivity index (χ1v) is 7.08. The molecule has 1 aliphatic rings. The minimum Gasteiger partial charge on any atom is -0.371 e. The van der Waals surface area contributed by atoms with E-state index in [1.54, 1.807) is 12.4 Å². The molecule has 1 fully saturated rings. The van der Waals surface area contributed by atoms with E-state index in [-0.39, 0.29) is 0 Å². The Morgan fingerprint density at radius 2 is 2.21 bits per heavy atom. The van der Waals surface area contributed by atoms with Gasteiger partial charge in [0.1, 0.15) is 0 Å². The first-order valence-electron chi connectivity index (χ1n) is 7.08. The highest BCUT2D eigenvalue weighted by atomic mass is 16.1. The van der Waals surface area contributed by atoms with E-state index in [1.165, 1.54) is 19.3 Å². The molecule has 0 saturated carbocycles. The summed E-state index contributed by atoms with van der Waals surface area (Å²) in [5.74, 6) is 1.12. The van der Waals surface area contributed by atoms with Crippen LogP contribution < -0.4 is 10.6 Å². The van der Waals surface area contributed by atoms with E-state index in [1.807, 2.05) is 6.07 Å². The molecule has 19 heavy (non-hydrogen) atoms. The van der Waals surface area contributed by atoms with Crippen LogP contribution in [-0.2, 0) is 0 Å². The molecule has 0 radical (unpaired) electrons. The highest BCUT2D eigenvalue weighted by molar-refractivity contribution is 5.98. The van der Waals surface area contributed by atoms with Gasteiger partial charge in [-0.2, -0.15) is 0 Å². The number of nitrogens with zero attached hydrogens (tertiary/aromatic N) is 2. The number of hydrogen-bond acceptors (Lipinski definition) is 3. The normalized spacial score (nSPS) is 20.4. The summed E-state index contributed by atoms with van der Waals surface area (Å²) in [6, 6.07) is 1.90. The van der Waals surface area contributed by atoms with E-state index >= 15 is 0 Å². The molecular formula is C15H23N3O. The van der Waals surface area contributed by atoms with Crippen molar-refractivity contribution >= 4 is 11.6 Å². The number of pyridine rings is 1. The smallest absolute Gasteiger partial charge is 0.252 e. The monoisotopic (exact) mass is 261 g/mol. The molecule has 1 saturated heterocycles. The molecule has 1 atom stereocenters. The third-order valence-electron chi connectivity index (χ3n) is 4.12. The fraction of sp³-hybridized carbons (Fsp3) is 0.600. The van der Waals surface area contributed by atoms with Gasteiger partial charge in [-0.1, -0.05) is 13.8 Å². The highest BCUT2D eigenvalue weighted by Gasteiger charge is 2.21. The zero-order chi connectivity index (χ0) is 13.8. The lowest BCUT2D eigenvalue weighted by molar-refractivity contribution is 0.100. The third-order valence-corrected chi connectivity index (χ3v) is 4.12. The molecule has 2 rings (SSSR count). The van der Waals surface area contributed by atoms with E-state index in [0.29, 0.717) is 5.56 Å². The lowest BCUT2D eigenvalue weighted by Gasteiger charge is -2.25. The predicted octanol–water partition coefficient (Wildman–Crippen LogP) is 2.44. The molecule has 1 amide bonds. The molecule has 1 unspecified atom stereocenters. The van der Waals surface area contributed by atoms with Crippen molar-refractivity contribution in [1.29, 1.82) is 0 Å². The van der Waals surface area contributed by atoms with Crippen molar-refractivity contribution in [3.05, 3.63) is 24.0 Å². The lowest BCUT2D eigenvalue weighted by atomic mass is 9.89. The van der Waals surface area contributed by atoms with E-state index < -0.39 is 5.91 Å². The van der Waals surface area contributed by atoms with Gasteiger partial charge in [-0.3, -0.25) is 9.78 Å². The van der Waals surface area contributed by atoms with Gasteiger partial charge in [0, 0.05) is 25.5 Å².